The van der Waals surface area contributed by atoms with Crippen molar-refractivity contribution in [3.8, 4) is 5.75 Å². The summed E-state index contributed by atoms with van der Waals surface area (Å²) < 4.78 is 5.15. The summed E-state index contributed by atoms with van der Waals surface area (Å²) in [6.45, 7) is 2.95. The average Bonchev–Trinajstić information content (AvgIpc) is 2.29. The summed E-state index contributed by atoms with van der Waals surface area (Å²) in [6.07, 6.45) is -0.559. The molecule has 0 aromatic heterocycles. The topological polar surface area (TPSA) is 61.7 Å². The second-order valence-electron chi connectivity index (χ2n) is 3.67. The highest BCUT2D eigenvalue weighted by Gasteiger charge is 2.08. The Balaban J connectivity index is 2.62. The number of benzene rings is 1. The van der Waals surface area contributed by atoms with Crippen molar-refractivity contribution in [2.75, 3.05) is 26.8 Å². The van der Waals surface area contributed by atoms with Crippen LogP contribution in [0.5, 0.6) is 5.75 Å². The van der Waals surface area contributed by atoms with Crippen LogP contribution in [0, 0.1) is 6.92 Å². The Kier molecular flexibility index (Phi) is 5.25. The quantitative estimate of drug-likeness (QED) is 0.621. The number of hydrogen-bond donors (Lipinski definition) is 3. The van der Waals surface area contributed by atoms with Crippen LogP contribution < -0.4 is 10.1 Å². The molecular formula is C12H19NO3. The summed E-state index contributed by atoms with van der Waals surface area (Å²) in [5, 5.41) is 21.4. The molecule has 3 N–H and O–H groups in total. The van der Waals surface area contributed by atoms with Gasteiger partial charge in [0.05, 0.1) is 19.8 Å². The molecule has 1 aromatic rings. The van der Waals surface area contributed by atoms with Crippen LogP contribution in [0.1, 0.15) is 17.2 Å². The van der Waals surface area contributed by atoms with Gasteiger partial charge < -0.3 is 20.3 Å². The van der Waals surface area contributed by atoms with E-state index in [1.807, 2.05) is 25.1 Å². The van der Waals surface area contributed by atoms with E-state index in [1.54, 1.807) is 7.11 Å². The number of ether oxygens (including phenoxy) is 1. The van der Waals surface area contributed by atoms with E-state index in [4.69, 9.17) is 9.84 Å². The molecule has 4 heteroatoms. The molecular weight excluding hydrogens is 206 g/mol. The maximum Gasteiger partial charge on any atom is 0.121 e. The predicted molar refractivity (Wildman–Crippen MR) is 62.6 cm³/mol. The molecule has 0 saturated heterocycles. The van der Waals surface area contributed by atoms with Crippen LogP contribution >= 0.6 is 0 Å². The second kappa shape index (κ2) is 6.48. The van der Waals surface area contributed by atoms with Crippen molar-refractivity contribution >= 4 is 0 Å². The summed E-state index contributed by atoms with van der Waals surface area (Å²) in [7, 11) is 1.63. The molecule has 4 nitrogen and oxygen atoms in total. The molecule has 16 heavy (non-hydrogen) atoms. The fourth-order valence-electron chi connectivity index (χ4n) is 1.54. The van der Waals surface area contributed by atoms with Gasteiger partial charge in [-0.15, -0.1) is 0 Å². The van der Waals surface area contributed by atoms with Crippen molar-refractivity contribution in [2.45, 2.75) is 13.0 Å². The number of aliphatic hydroxyl groups excluding tert-OH is 2. The number of methoxy groups -OCH3 is 1. The minimum Gasteiger partial charge on any atom is -0.496 e. The van der Waals surface area contributed by atoms with E-state index in [1.165, 1.54) is 0 Å². The first kappa shape index (κ1) is 13.0. The minimum atomic E-state index is -0.559. The number of aliphatic hydroxyl groups is 2. The van der Waals surface area contributed by atoms with Gasteiger partial charge in [-0.25, -0.2) is 0 Å². The first-order chi connectivity index (χ1) is 7.69. The highest BCUT2D eigenvalue weighted by Crippen LogP contribution is 2.22. The lowest BCUT2D eigenvalue weighted by molar-refractivity contribution is 0.170. The standard InChI is InChI=1S/C12H19NO3/c1-9-7-10(3-4-12(9)16-2)11(15)8-13-5-6-14/h3-4,7,11,13-15H,5-6,8H2,1-2H3. The molecule has 0 aliphatic rings. The Morgan fingerprint density at radius 3 is 2.75 bits per heavy atom. The normalized spacial score (nSPS) is 12.5. The van der Waals surface area contributed by atoms with Gasteiger partial charge in [-0.2, -0.15) is 0 Å². The molecule has 0 heterocycles. The van der Waals surface area contributed by atoms with Crippen LogP contribution in [0.2, 0.25) is 0 Å². The predicted octanol–water partition coefficient (Wildman–Crippen LogP) is 0.619. The Morgan fingerprint density at radius 1 is 1.44 bits per heavy atom. The maximum atomic E-state index is 9.85. The molecule has 0 bridgehead atoms. The average molecular weight is 225 g/mol. The fraction of sp³-hybridized carbons (Fsp3) is 0.500. The molecule has 0 radical (unpaired) electrons. The van der Waals surface area contributed by atoms with Crippen LogP contribution in [0.25, 0.3) is 0 Å². The van der Waals surface area contributed by atoms with E-state index in [-0.39, 0.29) is 6.61 Å². The second-order valence-corrected chi connectivity index (χ2v) is 3.67. The van der Waals surface area contributed by atoms with Crippen LogP contribution in [-0.4, -0.2) is 37.0 Å². The maximum absolute atomic E-state index is 9.85. The van der Waals surface area contributed by atoms with E-state index in [2.05, 4.69) is 5.32 Å². The van der Waals surface area contributed by atoms with E-state index in [0.717, 1.165) is 16.9 Å². The molecule has 0 aliphatic carbocycles. The van der Waals surface area contributed by atoms with Crippen molar-refractivity contribution < 1.29 is 14.9 Å². The summed E-state index contributed by atoms with van der Waals surface area (Å²) >= 11 is 0. The summed E-state index contributed by atoms with van der Waals surface area (Å²) in [5.74, 6) is 0.819. The van der Waals surface area contributed by atoms with Gasteiger partial charge in [0.15, 0.2) is 0 Å². The SMILES string of the molecule is COc1ccc(C(O)CNCCO)cc1C. The minimum absolute atomic E-state index is 0.0777. The zero-order valence-corrected chi connectivity index (χ0v) is 9.73. The van der Waals surface area contributed by atoms with E-state index in [9.17, 15) is 5.11 Å². The molecule has 0 aliphatic heterocycles. The Morgan fingerprint density at radius 2 is 2.19 bits per heavy atom. The zero-order valence-electron chi connectivity index (χ0n) is 9.73. The van der Waals surface area contributed by atoms with Crippen molar-refractivity contribution in [3.05, 3.63) is 29.3 Å². The van der Waals surface area contributed by atoms with Gasteiger partial charge in [0.25, 0.3) is 0 Å². The zero-order chi connectivity index (χ0) is 12.0. The van der Waals surface area contributed by atoms with Crippen LogP contribution in [0.4, 0.5) is 0 Å². The Bertz CT molecular complexity index is 328. The molecule has 1 aromatic carbocycles. The fourth-order valence-corrected chi connectivity index (χ4v) is 1.54. The highest BCUT2D eigenvalue weighted by molar-refractivity contribution is 5.37. The van der Waals surface area contributed by atoms with Gasteiger partial charge in [-0.05, 0) is 30.2 Å². The Hall–Kier alpha value is -1.10. The number of hydrogen-bond acceptors (Lipinski definition) is 4. The summed E-state index contributed by atoms with van der Waals surface area (Å²) in [5.41, 5.74) is 1.85. The lowest BCUT2D eigenvalue weighted by atomic mass is 10.1. The molecule has 0 fully saturated rings. The van der Waals surface area contributed by atoms with Crippen molar-refractivity contribution in [2.24, 2.45) is 0 Å². The first-order valence-electron chi connectivity index (χ1n) is 5.33. The third-order valence-corrected chi connectivity index (χ3v) is 2.43. The van der Waals surface area contributed by atoms with Crippen LogP contribution in [0.3, 0.4) is 0 Å². The smallest absolute Gasteiger partial charge is 0.121 e. The number of rotatable bonds is 6. The molecule has 0 amide bonds. The number of nitrogens with one attached hydrogen (secondary N) is 1. The van der Waals surface area contributed by atoms with Gasteiger partial charge in [-0.3, -0.25) is 0 Å². The van der Waals surface area contributed by atoms with Crippen molar-refractivity contribution in [1.29, 1.82) is 0 Å². The number of aryl methyl sites for hydroxylation is 1. The molecule has 1 atom stereocenters. The lowest BCUT2D eigenvalue weighted by Gasteiger charge is -2.13. The van der Waals surface area contributed by atoms with Gasteiger partial charge in [0.1, 0.15) is 5.75 Å². The van der Waals surface area contributed by atoms with Gasteiger partial charge in [0, 0.05) is 13.1 Å². The monoisotopic (exact) mass is 225 g/mol. The van der Waals surface area contributed by atoms with Crippen LogP contribution in [-0.2, 0) is 0 Å². The molecule has 1 unspecified atom stereocenters. The van der Waals surface area contributed by atoms with Gasteiger partial charge in [-0.1, -0.05) is 6.07 Å². The largest absolute Gasteiger partial charge is 0.496 e. The molecule has 0 spiro atoms. The lowest BCUT2D eigenvalue weighted by Crippen LogP contribution is -2.24. The van der Waals surface area contributed by atoms with Gasteiger partial charge >= 0.3 is 0 Å². The third kappa shape index (κ3) is 3.48. The Labute approximate surface area is 95.9 Å². The summed E-state index contributed by atoms with van der Waals surface area (Å²) in [4.78, 5) is 0. The first-order valence-corrected chi connectivity index (χ1v) is 5.33. The van der Waals surface area contributed by atoms with Crippen molar-refractivity contribution in [3.63, 3.8) is 0 Å². The molecule has 0 saturated carbocycles. The summed E-state index contributed by atoms with van der Waals surface area (Å²) in [6, 6.07) is 5.60. The van der Waals surface area contributed by atoms with E-state index >= 15 is 0 Å². The van der Waals surface area contributed by atoms with E-state index in [0.29, 0.717) is 13.1 Å². The van der Waals surface area contributed by atoms with Gasteiger partial charge in [0.2, 0.25) is 0 Å². The van der Waals surface area contributed by atoms with E-state index < -0.39 is 6.10 Å². The molecule has 1 rings (SSSR count). The molecule has 90 valence electrons. The highest BCUT2D eigenvalue weighted by atomic mass is 16.5. The van der Waals surface area contributed by atoms with Crippen LogP contribution in [0.15, 0.2) is 18.2 Å². The van der Waals surface area contributed by atoms with Crippen molar-refractivity contribution in [1.82, 2.24) is 5.32 Å². The third-order valence-electron chi connectivity index (χ3n) is 2.43.